The zero-order chi connectivity index (χ0) is 8.97. The summed E-state index contributed by atoms with van der Waals surface area (Å²) in [7, 11) is 1.53. The lowest BCUT2D eigenvalue weighted by Gasteiger charge is -1.97. The predicted octanol–water partition coefficient (Wildman–Crippen LogP) is 1.20. The maximum absolute atomic E-state index is 11.1. The molecule has 66 valence electrons. The maximum atomic E-state index is 11.1. The Labute approximate surface area is 70.5 Å². The molecule has 0 aliphatic heterocycles. The fourth-order valence-electron chi connectivity index (χ4n) is 0.822. The summed E-state index contributed by atoms with van der Waals surface area (Å²) in [5.41, 5.74) is 0.411. The molecule has 0 amide bonds. The Morgan fingerprint density at radius 2 is 2.33 bits per heavy atom. The molecule has 0 aliphatic rings. The quantitative estimate of drug-likeness (QED) is 0.691. The summed E-state index contributed by atoms with van der Waals surface area (Å²) < 4.78 is 9.62. The molecular weight excluding hydrogens is 158 g/mol. The smallest absolute Gasteiger partial charge is 0.354 e. The Balaban J connectivity index is 2.68. The van der Waals surface area contributed by atoms with Crippen LogP contribution in [0.5, 0.6) is 5.88 Å². The van der Waals surface area contributed by atoms with Crippen LogP contribution in [0.4, 0.5) is 0 Å². The zero-order valence-electron chi connectivity index (χ0n) is 7.09. The van der Waals surface area contributed by atoms with Crippen LogP contribution in [-0.4, -0.2) is 24.7 Å². The molecule has 0 saturated carbocycles. The molecule has 1 N–H and O–H groups in total. The van der Waals surface area contributed by atoms with Crippen molar-refractivity contribution in [2.24, 2.45) is 0 Å². The molecule has 1 rings (SSSR count). The molecule has 1 aromatic rings. The van der Waals surface area contributed by atoms with Gasteiger partial charge in [-0.2, -0.15) is 0 Å². The van der Waals surface area contributed by atoms with Crippen molar-refractivity contribution in [3.8, 4) is 5.88 Å². The van der Waals surface area contributed by atoms with Crippen LogP contribution in [0.15, 0.2) is 12.1 Å². The molecule has 0 fully saturated rings. The van der Waals surface area contributed by atoms with Gasteiger partial charge in [0.15, 0.2) is 5.88 Å². The van der Waals surface area contributed by atoms with E-state index in [0.717, 1.165) is 0 Å². The van der Waals surface area contributed by atoms with Gasteiger partial charge in [-0.3, -0.25) is 0 Å². The average molecular weight is 169 g/mol. The van der Waals surface area contributed by atoms with Crippen molar-refractivity contribution < 1.29 is 14.3 Å². The number of hydrogen-bond donors (Lipinski definition) is 1. The van der Waals surface area contributed by atoms with Crippen LogP contribution < -0.4 is 4.74 Å². The highest BCUT2D eigenvalue weighted by Crippen LogP contribution is 2.09. The largest absolute Gasteiger partial charge is 0.482 e. The van der Waals surface area contributed by atoms with E-state index in [1.807, 2.05) is 0 Å². The van der Waals surface area contributed by atoms with E-state index in [0.29, 0.717) is 18.2 Å². The number of methoxy groups -OCH3 is 1. The van der Waals surface area contributed by atoms with E-state index in [4.69, 9.17) is 9.47 Å². The number of esters is 1. The van der Waals surface area contributed by atoms with Gasteiger partial charge >= 0.3 is 5.97 Å². The third-order valence-electron chi connectivity index (χ3n) is 1.37. The fourth-order valence-corrected chi connectivity index (χ4v) is 0.822. The van der Waals surface area contributed by atoms with E-state index in [9.17, 15) is 4.79 Å². The Hall–Kier alpha value is -1.45. The molecule has 0 aliphatic carbocycles. The molecule has 0 bridgehead atoms. The van der Waals surface area contributed by atoms with Gasteiger partial charge in [-0.25, -0.2) is 4.79 Å². The summed E-state index contributed by atoms with van der Waals surface area (Å²) in [5.74, 6) is 0.193. The Kier molecular flexibility index (Phi) is 2.74. The van der Waals surface area contributed by atoms with Gasteiger partial charge in [-0.15, -0.1) is 0 Å². The third-order valence-corrected chi connectivity index (χ3v) is 1.37. The minimum atomic E-state index is -0.360. The van der Waals surface area contributed by atoms with E-state index in [2.05, 4.69) is 4.98 Å². The molecule has 0 atom stereocenters. The molecule has 0 radical (unpaired) electrons. The second kappa shape index (κ2) is 3.80. The third kappa shape index (κ3) is 1.78. The van der Waals surface area contributed by atoms with Crippen molar-refractivity contribution in [3.05, 3.63) is 17.8 Å². The molecule has 0 aromatic carbocycles. The summed E-state index contributed by atoms with van der Waals surface area (Å²) in [5, 5.41) is 0. The Morgan fingerprint density at radius 1 is 1.58 bits per heavy atom. The highest BCUT2D eigenvalue weighted by atomic mass is 16.5. The van der Waals surface area contributed by atoms with Gasteiger partial charge < -0.3 is 14.5 Å². The van der Waals surface area contributed by atoms with Crippen molar-refractivity contribution in [1.82, 2.24) is 4.98 Å². The average Bonchev–Trinajstić information content (AvgIpc) is 2.52. The minimum absolute atomic E-state index is 0.360. The Bertz CT molecular complexity index is 267. The maximum Gasteiger partial charge on any atom is 0.354 e. The normalized spacial score (nSPS) is 9.50. The number of aromatic nitrogens is 1. The van der Waals surface area contributed by atoms with Crippen molar-refractivity contribution in [2.45, 2.75) is 6.92 Å². The first-order valence-electron chi connectivity index (χ1n) is 3.68. The van der Waals surface area contributed by atoms with Gasteiger partial charge in [-0.05, 0) is 13.0 Å². The molecular formula is C8H11NO3. The van der Waals surface area contributed by atoms with Crippen molar-refractivity contribution in [1.29, 1.82) is 0 Å². The van der Waals surface area contributed by atoms with Crippen molar-refractivity contribution in [3.63, 3.8) is 0 Å². The van der Waals surface area contributed by atoms with Gasteiger partial charge in [0.2, 0.25) is 0 Å². The first kappa shape index (κ1) is 8.64. The van der Waals surface area contributed by atoms with Crippen LogP contribution in [-0.2, 0) is 4.74 Å². The van der Waals surface area contributed by atoms with E-state index >= 15 is 0 Å². The van der Waals surface area contributed by atoms with Crippen molar-refractivity contribution >= 4 is 5.97 Å². The van der Waals surface area contributed by atoms with Gasteiger partial charge in [0.25, 0.3) is 0 Å². The molecule has 1 heterocycles. The van der Waals surface area contributed by atoms with Gasteiger partial charge in [0.05, 0.1) is 13.7 Å². The summed E-state index contributed by atoms with van der Waals surface area (Å²) in [6.45, 7) is 2.14. The number of aromatic amines is 1. The van der Waals surface area contributed by atoms with Crippen LogP contribution in [0.25, 0.3) is 0 Å². The molecule has 1 aromatic heterocycles. The number of nitrogens with one attached hydrogen (secondary N) is 1. The first-order chi connectivity index (χ1) is 5.77. The second-order valence-corrected chi connectivity index (χ2v) is 2.16. The monoisotopic (exact) mass is 169 g/mol. The van der Waals surface area contributed by atoms with E-state index in [-0.39, 0.29) is 5.97 Å². The number of hydrogen-bond acceptors (Lipinski definition) is 3. The van der Waals surface area contributed by atoms with Crippen LogP contribution in [0, 0.1) is 0 Å². The van der Waals surface area contributed by atoms with E-state index in [1.165, 1.54) is 7.11 Å². The zero-order valence-corrected chi connectivity index (χ0v) is 7.09. The summed E-state index contributed by atoms with van der Waals surface area (Å²) in [6, 6.07) is 3.29. The molecule has 0 spiro atoms. The van der Waals surface area contributed by atoms with E-state index < -0.39 is 0 Å². The molecule has 0 unspecified atom stereocenters. The van der Waals surface area contributed by atoms with Crippen LogP contribution in [0.1, 0.15) is 17.4 Å². The van der Waals surface area contributed by atoms with Gasteiger partial charge in [0.1, 0.15) is 5.69 Å². The topological polar surface area (TPSA) is 51.3 Å². The molecule has 4 nitrogen and oxygen atoms in total. The van der Waals surface area contributed by atoms with Crippen LogP contribution >= 0.6 is 0 Å². The fraction of sp³-hybridized carbons (Fsp3) is 0.375. The predicted molar refractivity (Wildman–Crippen MR) is 43.3 cm³/mol. The summed E-state index contributed by atoms with van der Waals surface area (Å²) in [6.07, 6.45) is 0. The summed E-state index contributed by atoms with van der Waals surface area (Å²) >= 11 is 0. The number of carbonyl (C=O) groups is 1. The van der Waals surface area contributed by atoms with Crippen LogP contribution in [0.3, 0.4) is 0 Å². The number of carbonyl (C=O) groups excluding carboxylic acids is 1. The SMILES string of the molecule is CCOC(=O)c1ccc(OC)[nH]1. The highest BCUT2D eigenvalue weighted by Gasteiger charge is 2.08. The Morgan fingerprint density at radius 3 is 2.83 bits per heavy atom. The lowest BCUT2D eigenvalue weighted by Crippen LogP contribution is -2.04. The standard InChI is InChI=1S/C8H11NO3/c1-3-12-8(10)6-4-5-7(9-6)11-2/h4-5,9H,3H2,1-2H3. The molecule has 4 heteroatoms. The first-order valence-corrected chi connectivity index (χ1v) is 3.68. The second-order valence-electron chi connectivity index (χ2n) is 2.16. The number of H-pyrrole nitrogens is 1. The highest BCUT2D eigenvalue weighted by molar-refractivity contribution is 5.87. The minimum Gasteiger partial charge on any atom is -0.482 e. The van der Waals surface area contributed by atoms with Crippen molar-refractivity contribution in [2.75, 3.05) is 13.7 Å². The van der Waals surface area contributed by atoms with Crippen LogP contribution in [0.2, 0.25) is 0 Å². The van der Waals surface area contributed by atoms with Gasteiger partial charge in [0, 0.05) is 6.07 Å². The molecule has 12 heavy (non-hydrogen) atoms. The van der Waals surface area contributed by atoms with Gasteiger partial charge in [-0.1, -0.05) is 0 Å². The lowest BCUT2D eigenvalue weighted by atomic mass is 10.4. The molecule has 0 saturated heterocycles. The number of rotatable bonds is 3. The van der Waals surface area contributed by atoms with E-state index in [1.54, 1.807) is 19.1 Å². The lowest BCUT2D eigenvalue weighted by molar-refractivity contribution is 0.0519. The number of ether oxygens (including phenoxy) is 2. The summed E-state index contributed by atoms with van der Waals surface area (Å²) in [4.78, 5) is 13.8.